The molecule has 2 rings (SSSR count). The fourth-order valence-electron chi connectivity index (χ4n) is 1.34. The van der Waals surface area contributed by atoms with Gasteiger partial charge in [-0.15, -0.1) is 0 Å². The second-order valence-corrected chi connectivity index (χ2v) is 4.27. The Bertz CT molecular complexity index is 585. The molecule has 0 saturated carbocycles. The molecule has 0 aliphatic heterocycles. The zero-order chi connectivity index (χ0) is 13.1. The lowest BCUT2D eigenvalue weighted by atomic mass is 10.2. The van der Waals surface area contributed by atoms with Crippen LogP contribution in [0.25, 0.3) is 11.4 Å². The smallest absolute Gasteiger partial charge is 0.375 e. The molecule has 0 fully saturated rings. The zero-order valence-corrected chi connectivity index (χ0v) is 11.0. The predicted molar refractivity (Wildman–Crippen MR) is 65.4 cm³/mol. The van der Waals surface area contributed by atoms with E-state index in [4.69, 9.17) is 4.74 Å². The average molecular weight is 314 g/mol. The van der Waals surface area contributed by atoms with Crippen LogP contribution in [-0.4, -0.2) is 27.8 Å². The number of hydrogen-bond donors (Lipinski definition) is 1. The number of ether oxygens (including phenoxy) is 1. The summed E-state index contributed by atoms with van der Waals surface area (Å²) in [6.07, 6.45) is 0. The first kappa shape index (κ1) is 12.7. The first-order valence-corrected chi connectivity index (χ1v) is 5.96. The Labute approximate surface area is 111 Å². The van der Waals surface area contributed by atoms with Gasteiger partial charge in [0.15, 0.2) is 5.82 Å². The number of halogens is 2. The van der Waals surface area contributed by atoms with E-state index in [2.05, 4.69) is 31.1 Å². The van der Waals surface area contributed by atoms with Crippen molar-refractivity contribution in [3.63, 3.8) is 0 Å². The van der Waals surface area contributed by atoms with Crippen molar-refractivity contribution in [2.45, 2.75) is 6.92 Å². The Morgan fingerprint density at radius 1 is 1.56 bits per heavy atom. The Kier molecular flexibility index (Phi) is 3.71. The SMILES string of the molecule is CCOC(=O)c1nc(-c2cc(Br)ccc2F)n[nH]1. The number of hydrogen-bond acceptors (Lipinski definition) is 4. The molecular formula is C11H9BrFN3O2. The van der Waals surface area contributed by atoms with Gasteiger partial charge in [-0.3, -0.25) is 5.10 Å². The third kappa shape index (κ3) is 2.56. The minimum absolute atomic E-state index is 0.0498. The molecule has 5 nitrogen and oxygen atoms in total. The average Bonchev–Trinajstić information content (AvgIpc) is 2.82. The molecule has 7 heteroatoms. The van der Waals surface area contributed by atoms with E-state index in [1.165, 1.54) is 12.1 Å². The predicted octanol–water partition coefficient (Wildman–Crippen LogP) is 2.55. The van der Waals surface area contributed by atoms with Gasteiger partial charge in [0.1, 0.15) is 5.82 Å². The lowest BCUT2D eigenvalue weighted by molar-refractivity contribution is 0.0512. The summed E-state index contributed by atoms with van der Waals surface area (Å²) in [5.74, 6) is -1.03. The van der Waals surface area contributed by atoms with E-state index < -0.39 is 11.8 Å². The molecule has 0 aliphatic rings. The van der Waals surface area contributed by atoms with E-state index in [0.717, 1.165) is 0 Å². The molecule has 0 atom stereocenters. The molecule has 0 radical (unpaired) electrons. The fraction of sp³-hybridized carbons (Fsp3) is 0.182. The van der Waals surface area contributed by atoms with Gasteiger partial charge in [0, 0.05) is 4.47 Å². The molecule has 1 N–H and O–H groups in total. The molecule has 94 valence electrons. The number of nitrogens with one attached hydrogen (secondary N) is 1. The fourth-order valence-corrected chi connectivity index (χ4v) is 1.70. The number of rotatable bonds is 3. The monoisotopic (exact) mass is 313 g/mol. The van der Waals surface area contributed by atoms with E-state index in [9.17, 15) is 9.18 Å². The highest BCUT2D eigenvalue weighted by Gasteiger charge is 2.16. The maximum Gasteiger partial charge on any atom is 0.375 e. The van der Waals surface area contributed by atoms with Gasteiger partial charge < -0.3 is 4.74 Å². The summed E-state index contributed by atoms with van der Waals surface area (Å²) >= 11 is 3.23. The Hall–Kier alpha value is -1.76. The van der Waals surface area contributed by atoms with Crippen LogP contribution in [0.4, 0.5) is 4.39 Å². The number of nitrogens with zero attached hydrogens (tertiary/aromatic N) is 2. The van der Waals surface area contributed by atoms with Crippen LogP contribution in [-0.2, 0) is 4.74 Å². The number of H-pyrrole nitrogens is 1. The van der Waals surface area contributed by atoms with Crippen molar-refractivity contribution in [3.8, 4) is 11.4 Å². The van der Waals surface area contributed by atoms with Gasteiger partial charge in [-0.2, -0.15) is 5.10 Å². The quantitative estimate of drug-likeness (QED) is 0.884. The molecule has 1 aromatic carbocycles. The Balaban J connectivity index is 2.35. The summed E-state index contributed by atoms with van der Waals surface area (Å²) in [6, 6.07) is 4.39. The van der Waals surface area contributed by atoms with Crippen molar-refractivity contribution in [3.05, 3.63) is 34.3 Å². The molecular weight excluding hydrogens is 305 g/mol. The summed E-state index contributed by atoms with van der Waals surface area (Å²) < 4.78 is 19.0. The lowest BCUT2D eigenvalue weighted by Gasteiger charge is -1.98. The highest BCUT2D eigenvalue weighted by molar-refractivity contribution is 9.10. The van der Waals surface area contributed by atoms with Crippen molar-refractivity contribution in [1.82, 2.24) is 15.2 Å². The van der Waals surface area contributed by atoms with Gasteiger partial charge in [-0.1, -0.05) is 15.9 Å². The van der Waals surface area contributed by atoms with Gasteiger partial charge in [-0.25, -0.2) is 14.2 Å². The molecule has 0 bridgehead atoms. The summed E-state index contributed by atoms with van der Waals surface area (Å²) in [7, 11) is 0. The van der Waals surface area contributed by atoms with Gasteiger partial charge >= 0.3 is 5.97 Å². The molecule has 1 aromatic heterocycles. The van der Waals surface area contributed by atoms with Crippen LogP contribution in [0.3, 0.4) is 0 Å². The van der Waals surface area contributed by atoms with Crippen LogP contribution in [0.15, 0.2) is 22.7 Å². The van der Waals surface area contributed by atoms with Crippen molar-refractivity contribution in [1.29, 1.82) is 0 Å². The normalized spacial score (nSPS) is 10.4. The highest BCUT2D eigenvalue weighted by Crippen LogP contribution is 2.23. The standard InChI is InChI=1S/C11H9BrFN3O2/c1-2-18-11(17)10-14-9(15-16-10)7-5-6(12)3-4-8(7)13/h3-5H,2H2,1H3,(H,14,15,16). The van der Waals surface area contributed by atoms with E-state index in [-0.39, 0.29) is 23.8 Å². The van der Waals surface area contributed by atoms with Gasteiger partial charge in [0.2, 0.25) is 5.82 Å². The van der Waals surface area contributed by atoms with Gasteiger partial charge in [0.25, 0.3) is 0 Å². The third-order valence-electron chi connectivity index (χ3n) is 2.12. The maximum absolute atomic E-state index is 13.6. The van der Waals surface area contributed by atoms with Gasteiger partial charge in [0.05, 0.1) is 12.2 Å². The summed E-state index contributed by atoms with van der Waals surface area (Å²) in [5, 5.41) is 6.21. The van der Waals surface area contributed by atoms with Crippen LogP contribution in [0.1, 0.15) is 17.5 Å². The van der Waals surface area contributed by atoms with E-state index in [0.29, 0.717) is 4.47 Å². The summed E-state index contributed by atoms with van der Waals surface area (Å²) in [5.41, 5.74) is 0.205. The number of aromatic nitrogens is 3. The number of esters is 1. The first-order chi connectivity index (χ1) is 8.61. The third-order valence-corrected chi connectivity index (χ3v) is 2.62. The topological polar surface area (TPSA) is 67.9 Å². The maximum atomic E-state index is 13.6. The van der Waals surface area contributed by atoms with Crippen LogP contribution in [0, 0.1) is 5.82 Å². The van der Waals surface area contributed by atoms with Crippen molar-refractivity contribution in [2.24, 2.45) is 0 Å². The first-order valence-electron chi connectivity index (χ1n) is 5.16. The number of benzene rings is 1. The number of carbonyl (C=O) groups is 1. The zero-order valence-electron chi connectivity index (χ0n) is 9.41. The minimum Gasteiger partial charge on any atom is -0.460 e. The van der Waals surface area contributed by atoms with Crippen LogP contribution >= 0.6 is 15.9 Å². The van der Waals surface area contributed by atoms with Crippen molar-refractivity contribution < 1.29 is 13.9 Å². The second-order valence-electron chi connectivity index (χ2n) is 3.35. The molecule has 0 aliphatic carbocycles. The molecule has 0 spiro atoms. The summed E-state index contributed by atoms with van der Waals surface area (Å²) in [4.78, 5) is 15.3. The minimum atomic E-state index is -0.619. The van der Waals surface area contributed by atoms with Crippen molar-refractivity contribution >= 4 is 21.9 Å². The Morgan fingerprint density at radius 3 is 3.06 bits per heavy atom. The molecule has 1 heterocycles. The van der Waals surface area contributed by atoms with Crippen LogP contribution in [0.5, 0.6) is 0 Å². The van der Waals surface area contributed by atoms with Crippen LogP contribution in [0.2, 0.25) is 0 Å². The molecule has 0 saturated heterocycles. The second kappa shape index (κ2) is 5.26. The number of carbonyl (C=O) groups excluding carboxylic acids is 1. The van der Waals surface area contributed by atoms with Crippen molar-refractivity contribution in [2.75, 3.05) is 6.61 Å². The molecule has 0 unspecified atom stereocenters. The molecule has 2 aromatic rings. The van der Waals surface area contributed by atoms with Crippen LogP contribution < -0.4 is 0 Å². The van der Waals surface area contributed by atoms with E-state index >= 15 is 0 Å². The summed E-state index contributed by atoms with van der Waals surface area (Å²) in [6.45, 7) is 1.92. The number of aromatic amines is 1. The lowest BCUT2D eigenvalue weighted by Crippen LogP contribution is -2.06. The van der Waals surface area contributed by atoms with E-state index in [1.807, 2.05) is 0 Å². The molecule has 18 heavy (non-hydrogen) atoms. The van der Waals surface area contributed by atoms with E-state index in [1.54, 1.807) is 13.0 Å². The molecule has 0 amide bonds. The van der Waals surface area contributed by atoms with Gasteiger partial charge in [-0.05, 0) is 25.1 Å². The largest absolute Gasteiger partial charge is 0.460 e. The Morgan fingerprint density at radius 2 is 2.33 bits per heavy atom. The highest BCUT2D eigenvalue weighted by atomic mass is 79.9.